The number of piperazine rings is 1. The van der Waals surface area contributed by atoms with Gasteiger partial charge < -0.3 is 19.5 Å². The molecule has 0 aliphatic carbocycles. The summed E-state index contributed by atoms with van der Waals surface area (Å²) in [4.78, 5) is 17.5. The van der Waals surface area contributed by atoms with Crippen molar-refractivity contribution in [1.29, 1.82) is 0 Å². The van der Waals surface area contributed by atoms with Crippen molar-refractivity contribution >= 4 is 39.9 Å². The molecule has 1 fully saturated rings. The van der Waals surface area contributed by atoms with Crippen LogP contribution in [0.3, 0.4) is 0 Å². The Bertz CT molecular complexity index is 961. The molecule has 0 spiro atoms. The maximum absolute atomic E-state index is 12.7. The molecule has 3 aromatic rings. The smallest absolute Gasteiger partial charge is 0.291 e. The molecule has 1 N–H and O–H groups in total. The highest BCUT2D eigenvalue weighted by Gasteiger charge is 2.20. The molecule has 1 aliphatic heterocycles. The minimum absolute atomic E-state index is 0.262. The lowest BCUT2D eigenvalue weighted by molar-refractivity contribution is 0.0998. The third-order valence-corrected chi connectivity index (χ3v) is 5.25. The quantitative estimate of drug-likeness (QED) is 0.721. The molecule has 0 unspecified atom stereocenters. The minimum Gasteiger partial charge on any atom is -0.451 e. The fraction of sp³-hybridized carbons (Fsp3) is 0.286. The van der Waals surface area contributed by atoms with Gasteiger partial charge in [0.25, 0.3) is 5.91 Å². The van der Waals surface area contributed by atoms with Crippen LogP contribution in [0.1, 0.15) is 17.5 Å². The lowest BCUT2D eigenvalue weighted by Crippen LogP contribution is -2.46. The number of para-hydroxylation sites is 2. The van der Waals surface area contributed by atoms with E-state index in [0.29, 0.717) is 10.6 Å². The van der Waals surface area contributed by atoms with Crippen molar-refractivity contribution in [2.24, 2.45) is 0 Å². The van der Waals surface area contributed by atoms with Crippen molar-refractivity contribution in [3.8, 4) is 0 Å². The van der Waals surface area contributed by atoms with E-state index in [0.717, 1.165) is 49.5 Å². The van der Waals surface area contributed by atoms with E-state index in [9.17, 15) is 4.79 Å². The van der Waals surface area contributed by atoms with Gasteiger partial charge in [0.1, 0.15) is 5.58 Å². The summed E-state index contributed by atoms with van der Waals surface area (Å²) in [5.41, 5.74) is 2.49. The Morgan fingerprint density at radius 1 is 1.11 bits per heavy atom. The third-order valence-electron chi connectivity index (χ3n) is 5.01. The summed E-state index contributed by atoms with van der Waals surface area (Å²) in [5, 5.41) is 4.44. The molecule has 2 heterocycles. The Morgan fingerprint density at radius 3 is 2.67 bits per heavy atom. The van der Waals surface area contributed by atoms with Gasteiger partial charge in [-0.2, -0.15) is 0 Å². The first-order valence-electron chi connectivity index (χ1n) is 9.21. The van der Waals surface area contributed by atoms with Gasteiger partial charge in [-0.15, -0.1) is 0 Å². The number of furan rings is 1. The van der Waals surface area contributed by atoms with Gasteiger partial charge in [-0.1, -0.05) is 30.7 Å². The third kappa shape index (κ3) is 3.80. The average Bonchev–Trinajstić information content (AvgIpc) is 3.12. The Balaban J connectivity index is 1.54. The van der Waals surface area contributed by atoms with E-state index in [-0.39, 0.29) is 11.7 Å². The summed E-state index contributed by atoms with van der Waals surface area (Å²) in [6.07, 6.45) is 0. The first kappa shape index (κ1) is 17.9. The van der Waals surface area contributed by atoms with E-state index in [1.807, 2.05) is 18.2 Å². The Morgan fingerprint density at radius 2 is 1.89 bits per heavy atom. The van der Waals surface area contributed by atoms with Crippen LogP contribution in [0.25, 0.3) is 11.0 Å². The van der Waals surface area contributed by atoms with E-state index in [1.54, 1.807) is 24.3 Å². The minimum atomic E-state index is -0.262. The van der Waals surface area contributed by atoms with Crippen LogP contribution in [0.2, 0.25) is 5.02 Å². The van der Waals surface area contributed by atoms with Gasteiger partial charge in [-0.3, -0.25) is 4.79 Å². The van der Waals surface area contributed by atoms with Gasteiger partial charge in [0, 0.05) is 36.6 Å². The normalized spacial score (nSPS) is 15.3. The van der Waals surface area contributed by atoms with Crippen LogP contribution in [-0.4, -0.2) is 43.5 Å². The van der Waals surface area contributed by atoms with Gasteiger partial charge in [0.05, 0.1) is 11.4 Å². The maximum Gasteiger partial charge on any atom is 0.291 e. The highest BCUT2D eigenvalue weighted by molar-refractivity contribution is 6.31. The number of carbonyl (C=O) groups excluding carboxylic acids is 1. The number of amides is 1. The number of halogens is 1. The van der Waals surface area contributed by atoms with Crippen molar-refractivity contribution in [3.05, 3.63) is 59.3 Å². The van der Waals surface area contributed by atoms with Gasteiger partial charge in [0.15, 0.2) is 5.76 Å². The molecule has 1 saturated heterocycles. The lowest BCUT2D eigenvalue weighted by Gasteiger charge is -2.36. The van der Waals surface area contributed by atoms with Gasteiger partial charge in [-0.05, 0) is 42.9 Å². The molecule has 1 aliphatic rings. The number of benzene rings is 2. The molecule has 0 radical (unpaired) electrons. The molecular formula is C21H22ClN3O2. The first-order chi connectivity index (χ1) is 13.1. The summed E-state index contributed by atoms with van der Waals surface area (Å²) in [6.45, 7) is 7.21. The number of anilines is 2. The molecular weight excluding hydrogens is 362 g/mol. The number of nitrogens with one attached hydrogen (secondary N) is 1. The second-order valence-electron chi connectivity index (χ2n) is 6.69. The lowest BCUT2D eigenvalue weighted by atomic mass is 10.2. The second-order valence-corrected chi connectivity index (χ2v) is 7.12. The van der Waals surface area contributed by atoms with Crippen LogP contribution in [0.15, 0.2) is 52.9 Å². The van der Waals surface area contributed by atoms with Crippen LogP contribution in [0.5, 0.6) is 0 Å². The van der Waals surface area contributed by atoms with Crippen LogP contribution in [-0.2, 0) is 0 Å². The SMILES string of the molecule is CCN1CCN(c2ccccc2NC(=O)c2cc3cc(Cl)ccc3o2)CC1. The Labute approximate surface area is 163 Å². The van der Waals surface area contributed by atoms with Crippen molar-refractivity contribution in [2.75, 3.05) is 42.9 Å². The molecule has 1 aromatic heterocycles. The zero-order chi connectivity index (χ0) is 18.8. The van der Waals surface area contributed by atoms with Crippen LogP contribution in [0, 0.1) is 0 Å². The number of carbonyl (C=O) groups is 1. The fourth-order valence-corrected chi connectivity index (χ4v) is 3.65. The molecule has 140 valence electrons. The maximum atomic E-state index is 12.7. The summed E-state index contributed by atoms with van der Waals surface area (Å²) in [6, 6.07) is 14.9. The standard InChI is InChI=1S/C21H22ClN3O2/c1-2-24-9-11-25(12-10-24)18-6-4-3-5-17(18)23-21(26)20-14-15-13-16(22)7-8-19(15)27-20/h3-8,13-14H,2,9-12H2,1H3,(H,23,26). The van der Waals surface area contributed by atoms with E-state index in [4.69, 9.17) is 16.0 Å². The molecule has 1 amide bonds. The zero-order valence-corrected chi connectivity index (χ0v) is 16.0. The molecule has 6 heteroatoms. The summed E-state index contributed by atoms with van der Waals surface area (Å²) in [5.74, 6) is 0.0137. The molecule has 0 saturated carbocycles. The van der Waals surface area contributed by atoms with Crippen molar-refractivity contribution in [3.63, 3.8) is 0 Å². The topological polar surface area (TPSA) is 48.7 Å². The largest absolute Gasteiger partial charge is 0.451 e. The van der Waals surface area contributed by atoms with Crippen LogP contribution in [0.4, 0.5) is 11.4 Å². The van der Waals surface area contributed by atoms with Crippen molar-refractivity contribution < 1.29 is 9.21 Å². The number of rotatable bonds is 4. The Kier molecular flexibility index (Phi) is 5.05. The Hall–Kier alpha value is -2.50. The second kappa shape index (κ2) is 7.62. The summed E-state index contributed by atoms with van der Waals surface area (Å²) < 4.78 is 5.68. The monoisotopic (exact) mass is 383 g/mol. The van der Waals surface area contributed by atoms with E-state index in [1.165, 1.54) is 0 Å². The van der Waals surface area contributed by atoms with Gasteiger partial charge in [-0.25, -0.2) is 0 Å². The molecule has 0 atom stereocenters. The number of fused-ring (bicyclic) bond motifs is 1. The van der Waals surface area contributed by atoms with Crippen molar-refractivity contribution in [1.82, 2.24) is 4.90 Å². The predicted octanol–water partition coefficient (Wildman–Crippen LogP) is 4.48. The number of likely N-dealkylation sites (N-methyl/N-ethyl adjacent to an activating group) is 1. The highest BCUT2D eigenvalue weighted by atomic mass is 35.5. The number of nitrogens with zero attached hydrogens (tertiary/aromatic N) is 2. The average molecular weight is 384 g/mol. The van der Waals surface area contributed by atoms with Crippen LogP contribution >= 0.6 is 11.6 Å². The molecule has 27 heavy (non-hydrogen) atoms. The van der Waals surface area contributed by atoms with E-state index in [2.05, 4.69) is 28.1 Å². The van der Waals surface area contributed by atoms with Crippen molar-refractivity contribution in [2.45, 2.75) is 6.92 Å². The highest BCUT2D eigenvalue weighted by Crippen LogP contribution is 2.28. The fourth-order valence-electron chi connectivity index (χ4n) is 3.47. The molecule has 2 aromatic carbocycles. The summed E-state index contributed by atoms with van der Waals surface area (Å²) >= 11 is 6.01. The zero-order valence-electron chi connectivity index (χ0n) is 15.2. The molecule has 5 nitrogen and oxygen atoms in total. The number of hydrogen-bond donors (Lipinski definition) is 1. The molecule has 0 bridgehead atoms. The summed E-state index contributed by atoms with van der Waals surface area (Å²) in [7, 11) is 0. The predicted molar refractivity (Wildman–Crippen MR) is 110 cm³/mol. The van der Waals surface area contributed by atoms with Gasteiger partial charge >= 0.3 is 0 Å². The number of hydrogen-bond acceptors (Lipinski definition) is 4. The van der Waals surface area contributed by atoms with Gasteiger partial charge in [0.2, 0.25) is 0 Å². The van der Waals surface area contributed by atoms with E-state index < -0.39 is 0 Å². The van der Waals surface area contributed by atoms with E-state index >= 15 is 0 Å². The van der Waals surface area contributed by atoms with Crippen LogP contribution < -0.4 is 10.2 Å². The molecule has 4 rings (SSSR count). The first-order valence-corrected chi connectivity index (χ1v) is 9.58.